The van der Waals surface area contributed by atoms with Crippen molar-refractivity contribution < 1.29 is 4.79 Å². The van der Waals surface area contributed by atoms with Crippen LogP contribution >= 0.6 is 11.3 Å². The van der Waals surface area contributed by atoms with Gasteiger partial charge in [0.05, 0.1) is 23.0 Å². The Bertz CT molecular complexity index is 547. The predicted octanol–water partition coefficient (Wildman–Crippen LogP) is 2.16. The summed E-state index contributed by atoms with van der Waals surface area (Å²) in [6, 6.07) is 1.86. The fourth-order valence-corrected chi connectivity index (χ4v) is 2.15. The van der Waals surface area contributed by atoms with Crippen LogP contribution < -0.4 is 10.2 Å². The second-order valence-electron chi connectivity index (χ2n) is 4.11. The fraction of sp³-hybridized carbons (Fsp3) is 0.250. The average molecular weight is 262 g/mol. The van der Waals surface area contributed by atoms with E-state index in [2.05, 4.69) is 15.3 Å². The molecule has 1 amide bonds. The highest BCUT2D eigenvalue weighted by molar-refractivity contribution is 7.12. The second-order valence-corrected chi connectivity index (χ2v) is 5.02. The SMILES string of the molecule is Cc1csc(C(=O)Nc2cnc(N(C)C)nc2)c1. The van der Waals surface area contributed by atoms with E-state index in [1.54, 1.807) is 17.3 Å². The lowest BCUT2D eigenvalue weighted by atomic mass is 10.3. The first kappa shape index (κ1) is 12.5. The van der Waals surface area contributed by atoms with Gasteiger partial charge in [-0.3, -0.25) is 4.79 Å². The summed E-state index contributed by atoms with van der Waals surface area (Å²) in [4.78, 5) is 22.6. The molecule has 2 aromatic heterocycles. The van der Waals surface area contributed by atoms with Gasteiger partial charge < -0.3 is 10.2 Å². The Kier molecular flexibility index (Phi) is 3.57. The van der Waals surface area contributed by atoms with Crippen LogP contribution in [0.5, 0.6) is 0 Å². The van der Waals surface area contributed by atoms with E-state index in [9.17, 15) is 4.79 Å². The van der Waals surface area contributed by atoms with Gasteiger partial charge in [-0.05, 0) is 23.9 Å². The molecule has 0 fully saturated rings. The van der Waals surface area contributed by atoms with Crippen LogP contribution in [0.3, 0.4) is 0 Å². The molecule has 2 rings (SSSR count). The minimum Gasteiger partial charge on any atom is -0.347 e. The van der Waals surface area contributed by atoms with Crippen molar-refractivity contribution in [3.05, 3.63) is 34.3 Å². The van der Waals surface area contributed by atoms with Gasteiger partial charge in [-0.1, -0.05) is 0 Å². The Balaban J connectivity index is 2.07. The van der Waals surface area contributed by atoms with Crippen LogP contribution in [0.15, 0.2) is 23.8 Å². The number of aromatic nitrogens is 2. The number of nitrogens with one attached hydrogen (secondary N) is 1. The summed E-state index contributed by atoms with van der Waals surface area (Å²) < 4.78 is 0. The van der Waals surface area contributed by atoms with Crippen molar-refractivity contribution in [3.63, 3.8) is 0 Å². The van der Waals surface area contributed by atoms with Crippen LogP contribution in [-0.4, -0.2) is 30.0 Å². The zero-order chi connectivity index (χ0) is 13.1. The number of amides is 1. The smallest absolute Gasteiger partial charge is 0.265 e. The normalized spacial score (nSPS) is 10.2. The summed E-state index contributed by atoms with van der Waals surface area (Å²) in [5.41, 5.74) is 1.68. The molecule has 0 aliphatic heterocycles. The first-order valence-corrected chi connectivity index (χ1v) is 6.30. The molecule has 6 heteroatoms. The van der Waals surface area contributed by atoms with Gasteiger partial charge in [0.2, 0.25) is 5.95 Å². The summed E-state index contributed by atoms with van der Waals surface area (Å²) in [6.45, 7) is 1.96. The molecule has 5 nitrogen and oxygen atoms in total. The minimum atomic E-state index is -0.130. The van der Waals surface area contributed by atoms with E-state index >= 15 is 0 Å². The zero-order valence-corrected chi connectivity index (χ0v) is 11.3. The molecule has 0 aliphatic rings. The van der Waals surface area contributed by atoms with E-state index in [0.29, 0.717) is 16.5 Å². The number of aryl methyl sites for hydroxylation is 1. The van der Waals surface area contributed by atoms with Crippen molar-refractivity contribution in [2.45, 2.75) is 6.92 Å². The number of rotatable bonds is 3. The molecule has 0 bridgehead atoms. The van der Waals surface area contributed by atoms with Gasteiger partial charge in [0, 0.05) is 14.1 Å². The number of carbonyl (C=O) groups is 1. The maximum Gasteiger partial charge on any atom is 0.265 e. The van der Waals surface area contributed by atoms with Crippen LogP contribution in [-0.2, 0) is 0 Å². The monoisotopic (exact) mass is 262 g/mol. The van der Waals surface area contributed by atoms with Gasteiger partial charge in [-0.2, -0.15) is 0 Å². The van der Waals surface area contributed by atoms with Crippen molar-refractivity contribution in [2.75, 3.05) is 24.3 Å². The first-order valence-electron chi connectivity index (χ1n) is 5.42. The molecule has 94 valence electrons. The quantitative estimate of drug-likeness (QED) is 0.921. The predicted molar refractivity (Wildman–Crippen MR) is 73.4 cm³/mol. The summed E-state index contributed by atoms with van der Waals surface area (Å²) in [6.07, 6.45) is 3.20. The molecule has 0 aromatic carbocycles. The molecule has 2 aromatic rings. The Labute approximate surface area is 109 Å². The molecule has 0 saturated heterocycles. The largest absolute Gasteiger partial charge is 0.347 e. The average Bonchev–Trinajstić information content (AvgIpc) is 2.76. The van der Waals surface area contributed by atoms with Crippen LogP contribution in [0.1, 0.15) is 15.2 Å². The highest BCUT2D eigenvalue weighted by atomic mass is 32.1. The molecular formula is C12H14N4OS. The van der Waals surface area contributed by atoms with E-state index in [4.69, 9.17) is 0 Å². The lowest BCUT2D eigenvalue weighted by Gasteiger charge is -2.09. The van der Waals surface area contributed by atoms with Gasteiger partial charge >= 0.3 is 0 Å². The Morgan fingerprint density at radius 2 is 2.00 bits per heavy atom. The number of hydrogen-bond acceptors (Lipinski definition) is 5. The third-order valence-electron chi connectivity index (χ3n) is 2.25. The molecule has 0 spiro atoms. The summed E-state index contributed by atoms with van der Waals surface area (Å²) >= 11 is 1.42. The number of thiophene rings is 1. The van der Waals surface area contributed by atoms with E-state index in [0.717, 1.165) is 5.56 Å². The van der Waals surface area contributed by atoms with Crippen LogP contribution in [0.2, 0.25) is 0 Å². The first-order chi connectivity index (χ1) is 8.56. The minimum absolute atomic E-state index is 0.130. The van der Waals surface area contributed by atoms with Crippen molar-refractivity contribution >= 4 is 28.9 Å². The molecule has 0 radical (unpaired) electrons. The van der Waals surface area contributed by atoms with Gasteiger partial charge in [-0.15, -0.1) is 11.3 Å². The molecule has 0 atom stereocenters. The number of carbonyl (C=O) groups excluding carboxylic acids is 1. The van der Waals surface area contributed by atoms with E-state index < -0.39 is 0 Å². The molecule has 0 saturated carbocycles. The van der Waals surface area contributed by atoms with E-state index in [1.165, 1.54) is 11.3 Å². The van der Waals surface area contributed by atoms with Gasteiger partial charge in [0.15, 0.2) is 0 Å². The van der Waals surface area contributed by atoms with Gasteiger partial charge in [0.1, 0.15) is 0 Å². The van der Waals surface area contributed by atoms with E-state index in [-0.39, 0.29) is 5.91 Å². The third kappa shape index (κ3) is 2.84. The fourth-order valence-electron chi connectivity index (χ4n) is 1.36. The van der Waals surface area contributed by atoms with Crippen molar-refractivity contribution in [3.8, 4) is 0 Å². The molecule has 0 unspecified atom stereocenters. The highest BCUT2D eigenvalue weighted by Gasteiger charge is 2.09. The van der Waals surface area contributed by atoms with Crippen LogP contribution in [0, 0.1) is 6.92 Å². The lowest BCUT2D eigenvalue weighted by molar-refractivity contribution is 0.103. The van der Waals surface area contributed by atoms with Crippen molar-refractivity contribution in [1.82, 2.24) is 9.97 Å². The molecule has 18 heavy (non-hydrogen) atoms. The summed E-state index contributed by atoms with van der Waals surface area (Å²) in [5.74, 6) is 0.481. The zero-order valence-electron chi connectivity index (χ0n) is 10.5. The molecule has 2 heterocycles. The third-order valence-corrected chi connectivity index (χ3v) is 3.30. The standard InChI is InChI=1S/C12H14N4OS/c1-8-4-10(18-7-8)11(17)15-9-5-13-12(14-6-9)16(2)3/h4-7H,1-3H3,(H,15,17). The maximum absolute atomic E-state index is 11.9. The Hall–Kier alpha value is -1.95. The molecule has 1 N–H and O–H groups in total. The topological polar surface area (TPSA) is 58.1 Å². The Morgan fingerprint density at radius 1 is 1.33 bits per heavy atom. The Morgan fingerprint density at radius 3 is 2.50 bits per heavy atom. The molecule has 0 aliphatic carbocycles. The summed E-state index contributed by atoms with van der Waals surface area (Å²) in [5, 5.41) is 4.71. The number of anilines is 2. The van der Waals surface area contributed by atoms with Crippen molar-refractivity contribution in [1.29, 1.82) is 0 Å². The van der Waals surface area contributed by atoms with Crippen molar-refractivity contribution in [2.24, 2.45) is 0 Å². The van der Waals surface area contributed by atoms with Gasteiger partial charge in [0.25, 0.3) is 5.91 Å². The van der Waals surface area contributed by atoms with Crippen LogP contribution in [0.25, 0.3) is 0 Å². The number of hydrogen-bond donors (Lipinski definition) is 1. The highest BCUT2D eigenvalue weighted by Crippen LogP contribution is 2.16. The maximum atomic E-state index is 11.9. The molecular weight excluding hydrogens is 248 g/mol. The number of nitrogens with zero attached hydrogens (tertiary/aromatic N) is 3. The summed E-state index contributed by atoms with van der Waals surface area (Å²) in [7, 11) is 3.73. The second kappa shape index (κ2) is 5.14. The van der Waals surface area contributed by atoms with Crippen LogP contribution in [0.4, 0.5) is 11.6 Å². The van der Waals surface area contributed by atoms with E-state index in [1.807, 2.05) is 32.5 Å². The lowest BCUT2D eigenvalue weighted by Crippen LogP contribution is -2.14. The van der Waals surface area contributed by atoms with Gasteiger partial charge in [-0.25, -0.2) is 9.97 Å².